The van der Waals surface area contributed by atoms with Crippen molar-refractivity contribution >= 4 is 40.7 Å². The van der Waals surface area contributed by atoms with E-state index in [4.69, 9.17) is 23.2 Å². The molecule has 3 aromatic rings. The Morgan fingerprint density at radius 3 is 2.41 bits per heavy atom. The van der Waals surface area contributed by atoms with E-state index < -0.39 is 0 Å². The Hall–Kier alpha value is -2.41. The topological polar surface area (TPSA) is 66.0 Å². The standard InChI is InChI=1S/C19H20Cl2N6/c1-27(2)11-10-23-19-24-16(15-8-3-4-9-22-15)12-17(26-19)25-18-13(20)6-5-7-14(18)21/h3-9,12H,10-11H2,1-2H3,(H2,23,24,25,26). The smallest absolute Gasteiger partial charge is 0.225 e. The zero-order valence-corrected chi connectivity index (χ0v) is 16.6. The summed E-state index contributed by atoms with van der Waals surface area (Å²) in [7, 11) is 4.03. The molecule has 3 rings (SSSR count). The van der Waals surface area contributed by atoms with Crippen molar-refractivity contribution < 1.29 is 0 Å². The first-order valence-corrected chi connectivity index (χ1v) is 9.18. The Morgan fingerprint density at radius 2 is 1.74 bits per heavy atom. The van der Waals surface area contributed by atoms with Gasteiger partial charge in [-0.2, -0.15) is 4.98 Å². The van der Waals surface area contributed by atoms with Crippen molar-refractivity contribution in [3.63, 3.8) is 0 Å². The van der Waals surface area contributed by atoms with E-state index in [9.17, 15) is 0 Å². The lowest BCUT2D eigenvalue weighted by Gasteiger charge is -2.14. The van der Waals surface area contributed by atoms with Crippen molar-refractivity contribution in [3.8, 4) is 11.4 Å². The molecule has 0 unspecified atom stereocenters. The number of likely N-dealkylation sites (N-methyl/N-ethyl adjacent to an activating group) is 1. The SMILES string of the molecule is CN(C)CCNc1nc(Nc2c(Cl)cccc2Cl)cc(-c2ccccn2)n1. The van der Waals surface area contributed by atoms with Crippen molar-refractivity contribution in [1.29, 1.82) is 0 Å². The molecule has 27 heavy (non-hydrogen) atoms. The average Bonchev–Trinajstić information content (AvgIpc) is 2.65. The van der Waals surface area contributed by atoms with Crippen molar-refractivity contribution in [1.82, 2.24) is 19.9 Å². The minimum Gasteiger partial charge on any atom is -0.353 e. The Morgan fingerprint density at radius 1 is 0.963 bits per heavy atom. The summed E-state index contributed by atoms with van der Waals surface area (Å²) in [6, 6.07) is 12.8. The molecule has 0 atom stereocenters. The Kier molecular flexibility index (Phi) is 6.45. The fraction of sp³-hybridized carbons (Fsp3) is 0.211. The van der Waals surface area contributed by atoms with E-state index in [1.54, 1.807) is 24.4 Å². The molecule has 0 aliphatic heterocycles. The van der Waals surface area contributed by atoms with Crippen LogP contribution in [-0.2, 0) is 0 Å². The molecule has 6 nitrogen and oxygen atoms in total. The molecule has 0 aliphatic carbocycles. The summed E-state index contributed by atoms with van der Waals surface area (Å²) in [4.78, 5) is 15.6. The second-order valence-corrected chi connectivity index (χ2v) is 6.94. The number of rotatable bonds is 7. The molecule has 0 saturated carbocycles. The molecular weight excluding hydrogens is 383 g/mol. The van der Waals surface area contributed by atoms with Crippen molar-refractivity contribution in [2.24, 2.45) is 0 Å². The van der Waals surface area contributed by atoms with Crippen LogP contribution in [0.25, 0.3) is 11.4 Å². The van der Waals surface area contributed by atoms with Gasteiger partial charge in [-0.3, -0.25) is 4.98 Å². The second-order valence-electron chi connectivity index (χ2n) is 6.13. The van der Waals surface area contributed by atoms with Crippen LogP contribution in [0.2, 0.25) is 10.0 Å². The number of aromatic nitrogens is 3. The van der Waals surface area contributed by atoms with Gasteiger partial charge < -0.3 is 15.5 Å². The molecule has 1 aromatic carbocycles. The molecule has 0 amide bonds. The predicted octanol–water partition coefficient (Wildman–Crippen LogP) is 4.56. The Labute approximate surface area is 168 Å². The molecule has 0 radical (unpaired) electrons. The van der Waals surface area contributed by atoms with Gasteiger partial charge in [0.15, 0.2) is 0 Å². The van der Waals surface area contributed by atoms with Crippen LogP contribution in [0, 0.1) is 0 Å². The van der Waals surface area contributed by atoms with Crippen LogP contribution in [0.4, 0.5) is 17.5 Å². The van der Waals surface area contributed by atoms with E-state index in [2.05, 4.69) is 30.5 Å². The number of nitrogens with zero attached hydrogens (tertiary/aromatic N) is 4. The number of hydrogen-bond donors (Lipinski definition) is 2. The van der Waals surface area contributed by atoms with E-state index in [0.717, 1.165) is 12.2 Å². The van der Waals surface area contributed by atoms with E-state index in [-0.39, 0.29) is 0 Å². The first kappa shape index (κ1) is 19.4. The Bertz CT molecular complexity index is 882. The predicted molar refractivity (Wildman–Crippen MR) is 112 cm³/mol. The lowest BCUT2D eigenvalue weighted by atomic mass is 10.2. The fourth-order valence-corrected chi connectivity index (χ4v) is 2.86. The number of halogens is 2. The largest absolute Gasteiger partial charge is 0.353 e. The van der Waals surface area contributed by atoms with E-state index in [1.807, 2.05) is 38.4 Å². The third kappa shape index (κ3) is 5.29. The summed E-state index contributed by atoms with van der Waals surface area (Å²) in [5, 5.41) is 7.47. The number of para-hydroxylation sites is 1. The van der Waals surface area contributed by atoms with E-state index >= 15 is 0 Å². The van der Waals surface area contributed by atoms with Gasteiger partial charge in [-0.05, 0) is 38.4 Å². The zero-order chi connectivity index (χ0) is 19.2. The van der Waals surface area contributed by atoms with E-state index in [0.29, 0.717) is 39.7 Å². The molecule has 0 bridgehead atoms. The van der Waals surface area contributed by atoms with Crippen LogP contribution in [0.3, 0.4) is 0 Å². The van der Waals surface area contributed by atoms with Crippen LogP contribution in [0.5, 0.6) is 0 Å². The monoisotopic (exact) mass is 402 g/mol. The zero-order valence-electron chi connectivity index (χ0n) is 15.1. The summed E-state index contributed by atoms with van der Waals surface area (Å²) in [6.07, 6.45) is 1.73. The normalized spacial score (nSPS) is 10.9. The highest BCUT2D eigenvalue weighted by molar-refractivity contribution is 6.39. The first-order chi connectivity index (χ1) is 13.0. The van der Waals surface area contributed by atoms with Crippen LogP contribution < -0.4 is 10.6 Å². The molecular formula is C19H20Cl2N6. The minimum absolute atomic E-state index is 0.505. The highest BCUT2D eigenvalue weighted by Gasteiger charge is 2.11. The summed E-state index contributed by atoms with van der Waals surface area (Å²) in [6.45, 7) is 1.57. The van der Waals surface area contributed by atoms with Crippen LogP contribution in [0.15, 0.2) is 48.7 Å². The van der Waals surface area contributed by atoms with Crippen LogP contribution >= 0.6 is 23.2 Å². The summed E-state index contributed by atoms with van der Waals surface area (Å²) in [5.41, 5.74) is 2.05. The maximum atomic E-state index is 6.27. The first-order valence-electron chi connectivity index (χ1n) is 8.43. The number of benzene rings is 1. The molecule has 0 fully saturated rings. The maximum absolute atomic E-state index is 6.27. The average molecular weight is 403 g/mol. The second kappa shape index (κ2) is 8.99. The summed E-state index contributed by atoms with van der Waals surface area (Å²) >= 11 is 12.5. The molecule has 140 valence electrons. The molecule has 2 heterocycles. The third-order valence-corrected chi connectivity index (χ3v) is 4.34. The number of pyridine rings is 1. The van der Waals surface area contributed by atoms with Crippen LogP contribution in [0.1, 0.15) is 0 Å². The molecule has 0 saturated heterocycles. The molecule has 0 spiro atoms. The lowest BCUT2D eigenvalue weighted by molar-refractivity contribution is 0.425. The van der Waals surface area contributed by atoms with Crippen molar-refractivity contribution in [3.05, 3.63) is 58.7 Å². The van der Waals surface area contributed by atoms with Gasteiger partial charge in [-0.15, -0.1) is 0 Å². The van der Waals surface area contributed by atoms with Gasteiger partial charge in [0.2, 0.25) is 5.95 Å². The molecule has 2 N–H and O–H groups in total. The quantitative estimate of drug-likeness (QED) is 0.603. The van der Waals surface area contributed by atoms with Crippen LogP contribution in [-0.4, -0.2) is 47.0 Å². The number of nitrogens with one attached hydrogen (secondary N) is 2. The van der Waals surface area contributed by atoms with Gasteiger partial charge in [-0.25, -0.2) is 4.98 Å². The number of anilines is 3. The third-order valence-electron chi connectivity index (χ3n) is 3.71. The van der Waals surface area contributed by atoms with E-state index in [1.165, 1.54) is 0 Å². The molecule has 2 aromatic heterocycles. The minimum atomic E-state index is 0.505. The molecule has 8 heteroatoms. The lowest BCUT2D eigenvalue weighted by Crippen LogP contribution is -2.21. The Balaban J connectivity index is 1.94. The van der Waals surface area contributed by atoms with Gasteiger partial charge >= 0.3 is 0 Å². The van der Waals surface area contributed by atoms with Gasteiger partial charge in [0, 0.05) is 25.4 Å². The molecule has 0 aliphatic rings. The van der Waals surface area contributed by atoms with Gasteiger partial charge in [0.25, 0.3) is 0 Å². The van der Waals surface area contributed by atoms with Crippen molar-refractivity contribution in [2.45, 2.75) is 0 Å². The summed E-state index contributed by atoms with van der Waals surface area (Å²) < 4.78 is 0. The maximum Gasteiger partial charge on any atom is 0.225 e. The summed E-state index contributed by atoms with van der Waals surface area (Å²) in [5.74, 6) is 1.08. The van der Waals surface area contributed by atoms with Gasteiger partial charge in [0.1, 0.15) is 5.82 Å². The highest BCUT2D eigenvalue weighted by atomic mass is 35.5. The fourth-order valence-electron chi connectivity index (χ4n) is 2.37. The highest BCUT2D eigenvalue weighted by Crippen LogP contribution is 2.33. The van der Waals surface area contributed by atoms with Gasteiger partial charge in [-0.1, -0.05) is 35.3 Å². The van der Waals surface area contributed by atoms with Gasteiger partial charge in [0.05, 0.1) is 27.1 Å². The number of hydrogen-bond acceptors (Lipinski definition) is 6. The van der Waals surface area contributed by atoms with Crippen molar-refractivity contribution in [2.75, 3.05) is 37.8 Å².